The molecule has 1 aromatic carbocycles. The van der Waals surface area contributed by atoms with Gasteiger partial charge < -0.3 is 9.84 Å². The zero-order valence-electron chi connectivity index (χ0n) is 12.6. The molecule has 0 spiro atoms. The lowest BCUT2D eigenvalue weighted by Crippen LogP contribution is -2.40. The molecule has 0 saturated carbocycles. The summed E-state index contributed by atoms with van der Waals surface area (Å²) >= 11 is 0. The Morgan fingerprint density at radius 3 is 2.46 bits per heavy atom. The van der Waals surface area contributed by atoms with Gasteiger partial charge in [0.1, 0.15) is 6.33 Å². The summed E-state index contributed by atoms with van der Waals surface area (Å²) in [5.74, 6) is -1.19. The summed E-state index contributed by atoms with van der Waals surface area (Å²) in [4.78, 5) is 19.0. The number of nitrogens with zero attached hydrogens (tertiary/aromatic N) is 3. The van der Waals surface area contributed by atoms with Crippen molar-refractivity contribution in [2.24, 2.45) is 0 Å². The van der Waals surface area contributed by atoms with Crippen LogP contribution in [0.15, 0.2) is 41.8 Å². The molecule has 8 nitrogen and oxygen atoms in total. The molecule has 0 radical (unpaired) electrons. The molecule has 0 unspecified atom stereocenters. The lowest BCUT2D eigenvalue weighted by Gasteiger charge is -2.27. The topological polar surface area (TPSA) is 110 Å². The summed E-state index contributed by atoms with van der Waals surface area (Å²) < 4.78 is 32.5. The second-order valence-electron chi connectivity index (χ2n) is 5.16. The van der Waals surface area contributed by atoms with Crippen molar-refractivity contribution in [2.75, 3.05) is 26.3 Å². The van der Waals surface area contributed by atoms with Crippen LogP contribution in [-0.4, -0.2) is 60.1 Å². The first-order chi connectivity index (χ1) is 11.5. The van der Waals surface area contributed by atoms with Gasteiger partial charge in [-0.1, -0.05) is 6.07 Å². The Morgan fingerprint density at radius 1 is 1.17 bits per heavy atom. The predicted molar refractivity (Wildman–Crippen MR) is 84.0 cm³/mol. The first-order valence-corrected chi connectivity index (χ1v) is 8.65. The Morgan fingerprint density at radius 2 is 1.83 bits per heavy atom. The molecular formula is C15H15N3O5S. The molecule has 1 fully saturated rings. The summed E-state index contributed by atoms with van der Waals surface area (Å²) in [7, 11) is -3.86. The van der Waals surface area contributed by atoms with E-state index in [0.29, 0.717) is 24.3 Å². The number of benzene rings is 1. The highest BCUT2D eigenvalue weighted by Crippen LogP contribution is 2.30. The molecule has 1 saturated heterocycles. The van der Waals surface area contributed by atoms with E-state index in [2.05, 4.69) is 9.97 Å². The number of ether oxygens (including phenoxy) is 1. The Bertz CT molecular complexity index is 849. The molecule has 24 heavy (non-hydrogen) atoms. The molecule has 126 valence electrons. The van der Waals surface area contributed by atoms with Crippen molar-refractivity contribution >= 4 is 16.0 Å². The number of carbonyl (C=O) groups is 1. The molecule has 1 aliphatic rings. The Labute approximate surface area is 138 Å². The third-order valence-electron chi connectivity index (χ3n) is 3.69. The fraction of sp³-hybridized carbons (Fsp3) is 0.267. The van der Waals surface area contributed by atoms with Gasteiger partial charge in [-0.15, -0.1) is 0 Å². The number of rotatable bonds is 4. The minimum Gasteiger partial charge on any atom is -0.478 e. The molecule has 9 heteroatoms. The van der Waals surface area contributed by atoms with Crippen molar-refractivity contribution in [1.82, 2.24) is 14.3 Å². The number of hydrogen-bond acceptors (Lipinski definition) is 6. The molecular weight excluding hydrogens is 334 g/mol. The van der Waals surface area contributed by atoms with Crippen LogP contribution in [0.25, 0.3) is 11.1 Å². The molecule has 0 atom stereocenters. The van der Waals surface area contributed by atoms with Crippen molar-refractivity contribution in [1.29, 1.82) is 0 Å². The lowest BCUT2D eigenvalue weighted by molar-refractivity contribution is 0.0696. The molecule has 1 aliphatic heterocycles. The molecule has 1 aromatic heterocycles. The fourth-order valence-corrected chi connectivity index (χ4v) is 4.12. The van der Waals surface area contributed by atoms with Gasteiger partial charge >= 0.3 is 5.97 Å². The zero-order chi connectivity index (χ0) is 17.2. The maximum atomic E-state index is 13.0. The van der Waals surface area contributed by atoms with Crippen LogP contribution in [0.4, 0.5) is 0 Å². The molecule has 2 heterocycles. The normalized spacial score (nSPS) is 16.0. The zero-order valence-corrected chi connectivity index (χ0v) is 13.4. The van der Waals surface area contributed by atoms with Crippen molar-refractivity contribution in [2.45, 2.75) is 4.90 Å². The van der Waals surface area contributed by atoms with Gasteiger partial charge in [-0.3, -0.25) is 0 Å². The average molecular weight is 349 g/mol. The van der Waals surface area contributed by atoms with Crippen LogP contribution in [0.1, 0.15) is 10.4 Å². The standard InChI is InChI=1S/C15H15N3O5S/c19-15(20)11-1-2-13(12-8-16-10-17-9-12)14(7-11)24(21,22)18-3-5-23-6-4-18/h1-2,7-10H,3-6H2,(H,19,20). The van der Waals surface area contributed by atoms with Gasteiger partial charge in [0.05, 0.1) is 23.7 Å². The largest absolute Gasteiger partial charge is 0.478 e. The number of carboxylic acid groups (broad SMARTS) is 1. The quantitative estimate of drug-likeness (QED) is 0.872. The van der Waals surface area contributed by atoms with Crippen molar-refractivity contribution in [3.63, 3.8) is 0 Å². The van der Waals surface area contributed by atoms with E-state index >= 15 is 0 Å². The van der Waals surface area contributed by atoms with Crippen LogP contribution in [0.5, 0.6) is 0 Å². The van der Waals surface area contributed by atoms with E-state index in [9.17, 15) is 18.3 Å². The third kappa shape index (κ3) is 3.14. The summed E-state index contributed by atoms with van der Waals surface area (Å²) in [6.07, 6.45) is 4.31. The lowest BCUT2D eigenvalue weighted by atomic mass is 10.1. The second kappa shape index (κ2) is 6.63. The molecule has 0 amide bonds. The van der Waals surface area contributed by atoms with Crippen molar-refractivity contribution in [3.8, 4) is 11.1 Å². The van der Waals surface area contributed by atoms with Crippen LogP contribution < -0.4 is 0 Å². The average Bonchev–Trinajstić information content (AvgIpc) is 2.62. The van der Waals surface area contributed by atoms with Gasteiger partial charge in [-0.05, 0) is 12.1 Å². The first-order valence-electron chi connectivity index (χ1n) is 7.21. The van der Waals surface area contributed by atoms with Crippen LogP contribution in [0.2, 0.25) is 0 Å². The maximum absolute atomic E-state index is 13.0. The van der Waals surface area contributed by atoms with E-state index in [0.717, 1.165) is 0 Å². The number of sulfonamides is 1. The summed E-state index contributed by atoms with van der Waals surface area (Å²) in [6, 6.07) is 4.01. The second-order valence-corrected chi connectivity index (χ2v) is 7.07. The maximum Gasteiger partial charge on any atom is 0.335 e. The minimum absolute atomic E-state index is 0.0703. The van der Waals surface area contributed by atoms with Crippen molar-refractivity contribution in [3.05, 3.63) is 42.5 Å². The van der Waals surface area contributed by atoms with E-state index in [-0.39, 0.29) is 23.5 Å². The monoisotopic (exact) mass is 349 g/mol. The van der Waals surface area contributed by atoms with E-state index in [1.54, 1.807) is 0 Å². The number of aromatic carboxylic acids is 1. The van der Waals surface area contributed by atoms with Gasteiger partial charge in [0.15, 0.2) is 0 Å². The molecule has 1 N–H and O–H groups in total. The summed E-state index contributed by atoms with van der Waals surface area (Å²) in [5, 5.41) is 9.19. The number of hydrogen-bond donors (Lipinski definition) is 1. The number of carboxylic acids is 1. The highest BCUT2D eigenvalue weighted by molar-refractivity contribution is 7.89. The van der Waals surface area contributed by atoms with Crippen LogP contribution in [0, 0.1) is 0 Å². The number of morpholine rings is 1. The highest BCUT2D eigenvalue weighted by Gasteiger charge is 2.29. The van der Waals surface area contributed by atoms with Gasteiger partial charge in [-0.2, -0.15) is 4.31 Å². The molecule has 0 aliphatic carbocycles. The Kier molecular flexibility index (Phi) is 4.56. The van der Waals surface area contributed by atoms with Gasteiger partial charge in [0.2, 0.25) is 10.0 Å². The molecule has 0 bridgehead atoms. The van der Waals surface area contributed by atoms with E-state index in [1.807, 2.05) is 0 Å². The van der Waals surface area contributed by atoms with E-state index in [4.69, 9.17) is 4.74 Å². The Hall–Kier alpha value is -2.36. The minimum atomic E-state index is -3.86. The van der Waals surface area contributed by atoms with Gasteiger partial charge in [-0.25, -0.2) is 23.2 Å². The first kappa shape index (κ1) is 16.5. The summed E-state index contributed by atoms with van der Waals surface area (Å²) in [6.45, 7) is 1.07. The highest BCUT2D eigenvalue weighted by atomic mass is 32.2. The van der Waals surface area contributed by atoms with Crippen molar-refractivity contribution < 1.29 is 23.1 Å². The van der Waals surface area contributed by atoms with Gasteiger partial charge in [0, 0.05) is 36.6 Å². The van der Waals surface area contributed by atoms with E-state index in [1.165, 1.54) is 41.2 Å². The predicted octanol–water partition coefficient (Wildman–Crippen LogP) is 0.863. The fourth-order valence-electron chi connectivity index (χ4n) is 2.47. The smallest absolute Gasteiger partial charge is 0.335 e. The summed E-state index contributed by atoms with van der Waals surface area (Å²) in [5.41, 5.74) is 0.774. The molecule has 3 rings (SSSR count). The van der Waals surface area contributed by atoms with Crippen LogP contribution in [-0.2, 0) is 14.8 Å². The van der Waals surface area contributed by atoms with Crippen LogP contribution in [0.3, 0.4) is 0 Å². The van der Waals surface area contributed by atoms with Gasteiger partial charge in [0.25, 0.3) is 0 Å². The Balaban J connectivity index is 2.16. The van der Waals surface area contributed by atoms with E-state index < -0.39 is 16.0 Å². The number of aromatic nitrogens is 2. The molecule has 2 aromatic rings. The SMILES string of the molecule is O=C(O)c1ccc(-c2cncnc2)c(S(=O)(=O)N2CCOCC2)c1. The van der Waals surface area contributed by atoms with Crippen LogP contribution >= 0.6 is 0 Å². The third-order valence-corrected chi connectivity index (χ3v) is 5.63.